The lowest BCUT2D eigenvalue weighted by Gasteiger charge is -1.92. The second-order valence-corrected chi connectivity index (χ2v) is 2.29. The molecule has 0 aliphatic carbocycles. The number of rotatable bonds is 3. The Hall–Kier alpha value is -1.32. The van der Waals surface area contributed by atoms with Crippen molar-refractivity contribution in [3.8, 4) is 0 Å². The van der Waals surface area contributed by atoms with Crippen LogP contribution in [0.3, 0.4) is 0 Å². The Balaban J connectivity index is 2.65. The molecule has 60 valence electrons. The maximum atomic E-state index is 10.2. The summed E-state index contributed by atoms with van der Waals surface area (Å²) in [6.45, 7) is 1.95. The first-order valence-corrected chi connectivity index (χ1v) is 3.45. The van der Waals surface area contributed by atoms with Gasteiger partial charge in [-0.2, -0.15) is 5.10 Å². The fraction of sp³-hybridized carbons (Fsp3) is 0.429. The summed E-state index contributed by atoms with van der Waals surface area (Å²) >= 11 is 0. The van der Waals surface area contributed by atoms with Crippen LogP contribution in [0.2, 0.25) is 0 Å². The van der Waals surface area contributed by atoms with Crippen molar-refractivity contribution >= 4 is 5.97 Å². The van der Waals surface area contributed by atoms with E-state index in [0.717, 1.165) is 12.0 Å². The van der Waals surface area contributed by atoms with Gasteiger partial charge in [0.25, 0.3) is 0 Å². The highest BCUT2D eigenvalue weighted by Crippen LogP contribution is 1.97. The van der Waals surface area contributed by atoms with Gasteiger partial charge in [0.05, 0.1) is 6.20 Å². The second-order valence-electron chi connectivity index (χ2n) is 2.29. The van der Waals surface area contributed by atoms with E-state index in [4.69, 9.17) is 5.11 Å². The Labute approximate surface area is 64.5 Å². The largest absolute Gasteiger partial charge is 0.480 e. The van der Waals surface area contributed by atoms with Gasteiger partial charge in [0.15, 0.2) is 0 Å². The monoisotopic (exact) mass is 154 g/mol. The molecule has 1 heterocycles. The van der Waals surface area contributed by atoms with Crippen molar-refractivity contribution in [3.05, 3.63) is 18.0 Å². The van der Waals surface area contributed by atoms with Crippen LogP contribution >= 0.6 is 0 Å². The van der Waals surface area contributed by atoms with E-state index in [-0.39, 0.29) is 6.54 Å². The van der Waals surface area contributed by atoms with Crippen molar-refractivity contribution in [2.24, 2.45) is 0 Å². The Morgan fingerprint density at radius 2 is 2.55 bits per heavy atom. The molecular formula is C7H10N2O2. The number of nitrogens with zero attached hydrogens (tertiary/aromatic N) is 2. The average molecular weight is 154 g/mol. The molecule has 1 rings (SSSR count). The van der Waals surface area contributed by atoms with Crippen LogP contribution in [0.25, 0.3) is 0 Å². The number of carboxylic acid groups (broad SMARTS) is 1. The van der Waals surface area contributed by atoms with E-state index in [1.54, 1.807) is 12.4 Å². The summed E-state index contributed by atoms with van der Waals surface area (Å²) in [6, 6.07) is 0. The maximum absolute atomic E-state index is 10.2. The Morgan fingerprint density at radius 3 is 3.00 bits per heavy atom. The minimum Gasteiger partial charge on any atom is -0.480 e. The molecule has 0 fully saturated rings. The fourth-order valence-electron chi connectivity index (χ4n) is 0.814. The number of hydrogen-bond donors (Lipinski definition) is 1. The van der Waals surface area contributed by atoms with Crippen molar-refractivity contribution in [3.63, 3.8) is 0 Å². The van der Waals surface area contributed by atoms with Gasteiger partial charge in [-0.3, -0.25) is 9.48 Å². The van der Waals surface area contributed by atoms with Gasteiger partial charge in [-0.1, -0.05) is 6.92 Å². The average Bonchev–Trinajstić information content (AvgIpc) is 2.34. The number of aromatic nitrogens is 2. The van der Waals surface area contributed by atoms with E-state index in [0.29, 0.717) is 0 Å². The summed E-state index contributed by atoms with van der Waals surface area (Å²) in [5, 5.41) is 12.3. The molecule has 1 aromatic heterocycles. The summed E-state index contributed by atoms with van der Waals surface area (Å²) < 4.78 is 1.42. The van der Waals surface area contributed by atoms with Gasteiger partial charge in [-0.25, -0.2) is 0 Å². The van der Waals surface area contributed by atoms with Crippen LogP contribution in [0, 0.1) is 0 Å². The normalized spacial score (nSPS) is 9.91. The number of aryl methyl sites for hydroxylation is 1. The Kier molecular flexibility index (Phi) is 2.25. The third-order valence-corrected chi connectivity index (χ3v) is 1.39. The van der Waals surface area contributed by atoms with Gasteiger partial charge in [-0.05, 0) is 12.0 Å². The lowest BCUT2D eigenvalue weighted by molar-refractivity contribution is -0.137. The molecule has 0 spiro atoms. The second kappa shape index (κ2) is 3.18. The molecule has 0 aromatic carbocycles. The molecule has 0 atom stereocenters. The van der Waals surface area contributed by atoms with Crippen LogP contribution in [0.1, 0.15) is 12.5 Å². The molecule has 1 aromatic rings. The molecule has 11 heavy (non-hydrogen) atoms. The fourth-order valence-corrected chi connectivity index (χ4v) is 0.814. The van der Waals surface area contributed by atoms with Gasteiger partial charge in [0.2, 0.25) is 0 Å². The lowest BCUT2D eigenvalue weighted by Crippen LogP contribution is -2.08. The van der Waals surface area contributed by atoms with Gasteiger partial charge in [-0.15, -0.1) is 0 Å². The van der Waals surface area contributed by atoms with Crippen LogP contribution in [-0.2, 0) is 17.8 Å². The van der Waals surface area contributed by atoms with Crippen molar-refractivity contribution in [2.75, 3.05) is 0 Å². The zero-order valence-corrected chi connectivity index (χ0v) is 6.32. The zero-order valence-electron chi connectivity index (χ0n) is 6.32. The van der Waals surface area contributed by atoms with Gasteiger partial charge < -0.3 is 5.11 Å². The molecule has 1 N–H and O–H groups in total. The summed E-state index contributed by atoms with van der Waals surface area (Å²) in [6.07, 6.45) is 4.32. The molecule has 0 bridgehead atoms. The predicted octanol–water partition coefficient (Wildman–Crippen LogP) is 0.530. The van der Waals surface area contributed by atoms with Crippen molar-refractivity contribution < 1.29 is 9.90 Å². The molecule has 0 saturated heterocycles. The third kappa shape index (κ3) is 2.07. The highest BCUT2D eigenvalue weighted by molar-refractivity contribution is 5.66. The van der Waals surface area contributed by atoms with Crippen LogP contribution < -0.4 is 0 Å². The number of aliphatic carboxylic acids is 1. The van der Waals surface area contributed by atoms with Crippen LogP contribution in [0.5, 0.6) is 0 Å². The minimum atomic E-state index is -0.865. The van der Waals surface area contributed by atoms with Crippen LogP contribution in [-0.4, -0.2) is 20.9 Å². The zero-order chi connectivity index (χ0) is 8.27. The quantitative estimate of drug-likeness (QED) is 0.690. The SMILES string of the molecule is CCc1cnn(CC(=O)O)c1. The summed E-state index contributed by atoms with van der Waals surface area (Å²) in [4.78, 5) is 10.2. The number of hydrogen-bond acceptors (Lipinski definition) is 2. The van der Waals surface area contributed by atoms with E-state index in [1.807, 2.05) is 6.92 Å². The van der Waals surface area contributed by atoms with E-state index in [9.17, 15) is 4.79 Å². The molecule has 0 saturated carbocycles. The number of carbonyl (C=O) groups is 1. The first kappa shape index (κ1) is 7.78. The molecular weight excluding hydrogens is 144 g/mol. The Bertz CT molecular complexity index is 255. The first-order chi connectivity index (χ1) is 5.22. The molecule has 0 amide bonds. The lowest BCUT2D eigenvalue weighted by atomic mass is 10.3. The maximum Gasteiger partial charge on any atom is 0.325 e. The van der Waals surface area contributed by atoms with Crippen molar-refractivity contribution in [1.82, 2.24) is 9.78 Å². The standard InChI is InChI=1S/C7H10N2O2/c1-2-6-3-8-9(4-6)5-7(10)11/h3-4H,2,5H2,1H3,(H,10,11). The van der Waals surface area contributed by atoms with Gasteiger partial charge in [0, 0.05) is 6.20 Å². The molecule has 0 radical (unpaired) electrons. The van der Waals surface area contributed by atoms with E-state index in [2.05, 4.69) is 5.10 Å². The van der Waals surface area contributed by atoms with Gasteiger partial charge in [0.1, 0.15) is 6.54 Å². The first-order valence-electron chi connectivity index (χ1n) is 3.45. The third-order valence-electron chi connectivity index (χ3n) is 1.39. The highest BCUT2D eigenvalue weighted by atomic mass is 16.4. The predicted molar refractivity (Wildman–Crippen MR) is 39.2 cm³/mol. The summed E-state index contributed by atoms with van der Waals surface area (Å²) in [5.41, 5.74) is 1.06. The van der Waals surface area contributed by atoms with Crippen LogP contribution in [0.4, 0.5) is 0 Å². The molecule has 0 unspecified atom stereocenters. The molecule has 4 heteroatoms. The topological polar surface area (TPSA) is 55.1 Å². The van der Waals surface area contributed by atoms with E-state index in [1.165, 1.54) is 4.68 Å². The van der Waals surface area contributed by atoms with E-state index >= 15 is 0 Å². The van der Waals surface area contributed by atoms with Crippen LogP contribution in [0.15, 0.2) is 12.4 Å². The van der Waals surface area contributed by atoms with Gasteiger partial charge >= 0.3 is 5.97 Å². The minimum absolute atomic E-state index is 0.0556. The molecule has 4 nitrogen and oxygen atoms in total. The molecule has 0 aliphatic heterocycles. The highest BCUT2D eigenvalue weighted by Gasteiger charge is 1.99. The van der Waals surface area contributed by atoms with Crippen molar-refractivity contribution in [2.45, 2.75) is 19.9 Å². The number of carboxylic acids is 1. The van der Waals surface area contributed by atoms with Crippen molar-refractivity contribution in [1.29, 1.82) is 0 Å². The van der Waals surface area contributed by atoms with E-state index < -0.39 is 5.97 Å². The Morgan fingerprint density at radius 1 is 1.82 bits per heavy atom. The summed E-state index contributed by atoms with van der Waals surface area (Å²) in [5.74, 6) is -0.865. The summed E-state index contributed by atoms with van der Waals surface area (Å²) in [7, 11) is 0. The smallest absolute Gasteiger partial charge is 0.325 e. The molecule has 0 aliphatic rings.